The van der Waals surface area contributed by atoms with Crippen molar-refractivity contribution in [1.29, 1.82) is 0 Å². The first kappa shape index (κ1) is 34.3. The van der Waals surface area contributed by atoms with Gasteiger partial charge in [0, 0.05) is 6.42 Å². The first-order chi connectivity index (χ1) is 21.6. The molecule has 0 aromatic heterocycles. The summed E-state index contributed by atoms with van der Waals surface area (Å²) in [6.07, 6.45) is 9.58. The van der Waals surface area contributed by atoms with Crippen molar-refractivity contribution >= 4 is 18.5 Å². The maximum absolute atomic E-state index is 12.8. The average molecular weight is 638 g/mol. The van der Waals surface area contributed by atoms with E-state index in [1.807, 2.05) is 24.3 Å². The molecule has 5 aliphatic rings. The molecular formula is C38H60BNO6. The predicted molar refractivity (Wildman–Crippen MR) is 182 cm³/mol. The van der Waals surface area contributed by atoms with Crippen LogP contribution < -0.4 is 15.5 Å². The van der Waals surface area contributed by atoms with Gasteiger partial charge in [-0.1, -0.05) is 32.9 Å². The first-order valence-corrected chi connectivity index (χ1v) is 18.4. The fourth-order valence-corrected chi connectivity index (χ4v) is 10.9. The van der Waals surface area contributed by atoms with E-state index in [-0.39, 0.29) is 40.1 Å². The fraction of sp³-hybridized carbons (Fsp3) is 0.816. The summed E-state index contributed by atoms with van der Waals surface area (Å²) in [4.78, 5) is 12.8. The van der Waals surface area contributed by atoms with Crippen molar-refractivity contribution in [3.63, 3.8) is 0 Å². The number of carbonyl (C=O) groups is 1. The molecule has 1 aromatic rings. The second kappa shape index (κ2) is 12.7. The van der Waals surface area contributed by atoms with Gasteiger partial charge in [-0.05, 0) is 149 Å². The molecule has 8 heteroatoms. The Hall–Kier alpha value is -1.61. The molecule has 1 unspecified atom stereocenters. The van der Waals surface area contributed by atoms with Crippen LogP contribution in [-0.4, -0.2) is 59.8 Å². The Morgan fingerprint density at radius 1 is 0.935 bits per heavy atom. The number of aliphatic hydroxyl groups is 2. The Morgan fingerprint density at radius 3 is 2.28 bits per heavy atom. The quantitative estimate of drug-likeness (QED) is 0.231. The molecule has 0 radical (unpaired) electrons. The van der Waals surface area contributed by atoms with Crippen molar-refractivity contribution in [2.45, 2.75) is 136 Å². The highest BCUT2D eigenvalue weighted by Crippen LogP contribution is 2.68. The SMILES string of the molecule is C[C@H](CCC(=O)NCCOc1ccc(B2OC(C)(C)C(C)(C)O2)cc1)[C@H]1CC[C@H]2C3[C@@H](O)C[C@@H]4C[C@H](O)CC[C@]4(C)[C@H]3CC[C@]12C. The second-order valence-electron chi connectivity index (χ2n) is 17.3. The standard InChI is InChI=1S/C38H60BNO6/c1-24(8-15-33(43)40-20-21-44-28-11-9-26(10-12-28)39-45-35(2,3)36(4,5)46-39)29-13-14-30-34-31(17-19-38(29,30)7)37(6)18-16-27(41)22-25(37)23-32(34)42/h9-12,24-25,27,29-32,34,41-42H,8,13-23H2,1-7H3,(H,40,43)/t24-,25+,27-,29-,30+,31+,32+,34?,37+,38-/m1/s1. The molecule has 5 fully saturated rings. The third kappa shape index (κ3) is 6.18. The molecule has 7 nitrogen and oxygen atoms in total. The Bertz CT molecular complexity index is 1220. The Kier molecular flexibility index (Phi) is 9.45. The van der Waals surface area contributed by atoms with Gasteiger partial charge < -0.3 is 29.6 Å². The minimum atomic E-state index is -0.393. The van der Waals surface area contributed by atoms with Crippen molar-refractivity contribution < 1.29 is 29.1 Å². The van der Waals surface area contributed by atoms with E-state index in [0.717, 1.165) is 43.3 Å². The molecule has 0 bridgehead atoms. The highest BCUT2D eigenvalue weighted by atomic mass is 16.7. The molecule has 256 valence electrons. The summed E-state index contributed by atoms with van der Waals surface area (Å²) in [5.74, 6) is 3.90. The lowest BCUT2D eigenvalue weighted by Gasteiger charge is -2.62. The summed E-state index contributed by atoms with van der Waals surface area (Å²) in [5, 5.41) is 24.9. The maximum atomic E-state index is 12.8. The van der Waals surface area contributed by atoms with Crippen LogP contribution in [0.15, 0.2) is 24.3 Å². The van der Waals surface area contributed by atoms with Crippen LogP contribution in [0, 0.1) is 46.3 Å². The van der Waals surface area contributed by atoms with Crippen LogP contribution in [0.25, 0.3) is 0 Å². The predicted octanol–water partition coefficient (Wildman–Crippen LogP) is 5.89. The smallest absolute Gasteiger partial charge is 0.492 e. The summed E-state index contributed by atoms with van der Waals surface area (Å²) >= 11 is 0. The summed E-state index contributed by atoms with van der Waals surface area (Å²) in [6, 6.07) is 7.81. The summed E-state index contributed by atoms with van der Waals surface area (Å²) in [5.41, 5.74) is 0.714. The lowest BCUT2D eigenvalue weighted by molar-refractivity contribution is -0.174. The number of hydrogen-bond acceptors (Lipinski definition) is 6. The van der Waals surface area contributed by atoms with Crippen molar-refractivity contribution in [3.05, 3.63) is 24.3 Å². The molecule has 4 aliphatic carbocycles. The van der Waals surface area contributed by atoms with Crippen molar-refractivity contribution in [2.75, 3.05) is 13.2 Å². The van der Waals surface area contributed by atoms with E-state index < -0.39 is 7.12 Å². The van der Waals surface area contributed by atoms with Crippen LogP contribution in [0.4, 0.5) is 0 Å². The lowest BCUT2D eigenvalue weighted by atomic mass is 9.43. The van der Waals surface area contributed by atoms with E-state index in [1.165, 1.54) is 25.7 Å². The van der Waals surface area contributed by atoms with Gasteiger partial charge in [-0.3, -0.25) is 4.79 Å². The number of aliphatic hydroxyl groups excluding tert-OH is 2. The van der Waals surface area contributed by atoms with Gasteiger partial charge in [0.2, 0.25) is 5.91 Å². The van der Waals surface area contributed by atoms with Crippen molar-refractivity contribution in [1.82, 2.24) is 5.32 Å². The number of amides is 1. The zero-order chi connectivity index (χ0) is 33.1. The fourth-order valence-electron chi connectivity index (χ4n) is 10.9. The van der Waals surface area contributed by atoms with Crippen LogP contribution in [0.2, 0.25) is 0 Å². The molecule has 1 aliphatic heterocycles. The number of fused-ring (bicyclic) bond motifs is 5. The number of carbonyl (C=O) groups excluding carboxylic acids is 1. The van der Waals surface area contributed by atoms with Crippen LogP contribution in [-0.2, 0) is 14.1 Å². The van der Waals surface area contributed by atoms with E-state index in [2.05, 4.69) is 53.8 Å². The molecule has 6 rings (SSSR count). The van der Waals surface area contributed by atoms with E-state index in [1.54, 1.807) is 0 Å². The van der Waals surface area contributed by atoms with Gasteiger partial charge in [0.1, 0.15) is 12.4 Å². The molecule has 46 heavy (non-hydrogen) atoms. The average Bonchev–Trinajstić information content (AvgIpc) is 3.46. The van der Waals surface area contributed by atoms with Crippen molar-refractivity contribution in [3.8, 4) is 5.75 Å². The third-order valence-corrected chi connectivity index (χ3v) is 14.3. The summed E-state index contributed by atoms with van der Waals surface area (Å²) < 4.78 is 18.2. The van der Waals surface area contributed by atoms with Gasteiger partial charge in [0.05, 0.1) is 30.0 Å². The topological polar surface area (TPSA) is 97.3 Å². The van der Waals surface area contributed by atoms with Crippen LogP contribution in [0.3, 0.4) is 0 Å². The molecule has 0 spiro atoms. The largest absolute Gasteiger partial charge is 0.494 e. The van der Waals surface area contributed by atoms with Crippen LogP contribution in [0.5, 0.6) is 5.75 Å². The molecule has 1 heterocycles. The number of rotatable bonds is 9. The Morgan fingerprint density at radius 2 is 1.59 bits per heavy atom. The first-order valence-electron chi connectivity index (χ1n) is 18.4. The zero-order valence-electron chi connectivity index (χ0n) is 29.5. The monoisotopic (exact) mass is 637 g/mol. The molecule has 1 amide bonds. The van der Waals surface area contributed by atoms with Gasteiger partial charge >= 0.3 is 7.12 Å². The van der Waals surface area contributed by atoms with Gasteiger partial charge in [-0.2, -0.15) is 0 Å². The molecular weight excluding hydrogens is 577 g/mol. The Labute approximate surface area is 278 Å². The summed E-state index contributed by atoms with van der Waals surface area (Å²) in [7, 11) is -0.393. The molecule has 1 aromatic carbocycles. The van der Waals surface area contributed by atoms with E-state index in [9.17, 15) is 15.0 Å². The molecule has 4 saturated carbocycles. The summed E-state index contributed by atoms with van der Waals surface area (Å²) in [6.45, 7) is 16.4. The van der Waals surface area contributed by atoms with Crippen molar-refractivity contribution in [2.24, 2.45) is 46.3 Å². The number of hydrogen-bond donors (Lipinski definition) is 3. The zero-order valence-corrected chi connectivity index (χ0v) is 29.5. The van der Waals surface area contributed by atoms with Gasteiger partial charge in [-0.15, -0.1) is 0 Å². The number of ether oxygens (including phenoxy) is 1. The highest BCUT2D eigenvalue weighted by Gasteiger charge is 2.63. The van der Waals surface area contributed by atoms with E-state index in [4.69, 9.17) is 14.0 Å². The normalized spacial score (nSPS) is 40.0. The molecule has 3 N–H and O–H groups in total. The van der Waals surface area contributed by atoms with E-state index in [0.29, 0.717) is 55.1 Å². The van der Waals surface area contributed by atoms with Gasteiger partial charge in [0.15, 0.2) is 0 Å². The molecule has 1 saturated heterocycles. The van der Waals surface area contributed by atoms with Gasteiger partial charge in [0.25, 0.3) is 0 Å². The maximum Gasteiger partial charge on any atom is 0.494 e. The van der Waals surface area contributed by atoms with Gasteiger partial charge in [-0.25, -0.2) is 0 Å². The number of nitrogens with one attached hydrogen (secondary N) is 1. The highest BCUT2D eigenvalue weighted by molar-refractivity contribution is 6.62. The minimum Gasteiger partial charge on any atom is -0.492 e. The van der Waals surface area contributed by atoms with Crippen LogP contribution in [0.1, 0.15) is 113 Å². The minimum absolute atomic E-state index is 0.0936. The number of benzene rings is 1. The van der Waals surface area contributed by atoms with E-state index >= 15 is 0 Å². The Balaban J connectivity index is 0.944. The second-order valence-corrected chi connectivity index (χ2v) is 17.3. The van der Waals surface area contributed by atoms with Crippen LogP contribution >= 0.6 is 0 Å². The molecule has 10 atom stereocenters. The third-order valence-electron chi connectivity index (χ3n) is 14.3. The lowest BCUT2D eigenvalue weighted by Crippen LogP contribution is -2.58.